The van der Waals surface area contributed by atoms with Gasteiger partial charge in [-0.3, -0.25) is 0 Å². The maximum atomic E-state index is 8.57. The number of nitrogens with one attached hydrogen (secondary N) is 1. The Hall–Kier alpha value is -0.250. The quantitative estimate of drug-likeness (QED) is 0.864. The molecule has 0 unspecified atom stereocenters. The number of aliphatic hydroxyl groups excluding tert-OH is 1. The van der Waals surface area contributed by atoms with Crippen LogP contribution in [0.5, 0.6) is 0 Å². The van der Waals surface area contributed by atoms with Crippen LogP contribution in [0.25, 0.3) is 0 Å². The highest BCUT2D eigenvalue weighted by atomic mass is 79.9. The van der Waals surface area contributed by atoms with Crippen molar-refractivity contribution in [3.63, 3.8) is 0 Å². The second-order valence-electron chi connectivity index (χ2n) is 2.25. The van der Waals surface area contributed by atoms with Crippen molar-refractivity contribution < 1.29 is 5.11 Å². The molecule has 12 heavy (non-hydrogen) atoms. The predicted octanol–water partition coefficient (Wildman–Crippen LogP) is 2.51. The second-order valence-corrected chi connectivity index (χ2v) is 3.48. The van der Waals surface area contributed by atoms with E-state index >= 15 is 0 Å². The van der Waals surface area contributed by atoms with Crippen LogP contribution in [-0.2, 0) is 0 Å². The fourth-order valence-electron chi connectivity index (χ4n) is 0.831. The van der Waals surface area contributed by atoms with Gasteiger partial charge in [0.05, 0.1) is 17.3 Å². The first-order valence-corrected chi connectivity index (χ1v) is 4.71. The molecular formula is C8H9BrClNO. The third-order valence-electron chi connectivity index (χ3n) is 1.38. The largest absolute Gasteiger partial charge is 0.395 e. The summed E-state index contributed by atoms with van der Waals surface area (Å²) in [4.78, 5) is 0. The highest BCUT2D eigenvalue weighted by molar-refractivity contribution is 9.10. The van der Waals surface area contributed by atoms with Gasteiger partial charge >= 0.3 is 0 Å². The van der Waals surface area contributed by atoms with Crippen molar-refractivity contribution in [3.8, 4) is 0 Å². The van der Waals surface area contributed by atoms with E-state index in [0.29, 0.717) is 11.6 Å². The molecule has 2 N–H and O–H groups in total. The molecule has 0 saturated carbocycles. The molecule has 1 rings (SSSR count). The van der Waals surface area contributed by atoms with Crippen molar-refractivity contribution in [1.82, 2.24) is 0 Å². The normalized spacial score (nSPS) is 9.92. The van der Waals surface area contributed by atoms with Gasteiger partial charge in [-0.05, 0) is 28.1 Å². The first-order valence-electron chi connectivity index (χ1n) is 3.54. The molecule has 0 amide bonds. The Kier molecular flexibility index (Phi) is 3.85. The Morgan fingerprint density at radius 2 is 2.25 bits per heavy atom. The molecule has 0 spiro atoms. The molecule has 0 radical (unpaired) electrons. The van der Waals surface area contributed by atoms with E-state index in [1.165, 1.54) is 0 Å². The molecule has 2 nitrogen and oxygen atoms in total. The summed E-state index contributed by atoms with van der Waals surface area (Å²) in [5.74, 6) is 0. The maximum Gasteiger partial charge on any atom is 0.0779 e. The highest BCUT2D eigenvalue weighted by Gasteiger charge is 2.01. The zero-order valence-corrected chi connectivity index (χ0v) is 8.69. The van der Waals surface area contributed by atoms with Crippen molar-refractivity contribution in [2.45, 2.75) is 0 Å². The lowest BCUT2D eigenvalue weighted by Crippen LogP contribution is -2.05. The van der Waals surface area contributed by atoms with Crippen molar-refractivity contribution in [2.24, 2.45) is 0 Å². The number of rotatable bonds is 3. The van der Waals surface area contributed by atoms with E-state index in [-0.39, 0.29) is 6.61 Å². The van der Waals surface area contributed by atoms with Crippen molar-refractivity contribution >= 4 is 33.2 Å². The summed E-state index contributed by atoms with van der Waals surface area (Å²) in [5.41, 5.74) is 0.833. The van der Waals surface area contributed by atoms with Crippen LogP contribution in [0, 0.1) is 0 Å². The topological polar surface area (TPSA) is 32.3 Å². The first-order chi connectivity index (χ1) is 5.75. The summed E-state index contributed by atoms with van der Waals surface area (Å²) in [6, 6.07) is 5.62. The maximum absolute atomic E-state index is 8.57. The SMILES string of the molecule is OCCNc1cccc(Br)c1Cl. The van der Waals surface area contributed by atoms with E-state index in [1.54, 1.807) is 0 Å². The van der Waals surface area contributed by atoms with E-state index in [2.05, 4.69) is 21.2 Å². The van der Waals surface area contributed by atoms with Crippen LogP contribution in [-0.4, -0.2) is 18.3 Å². The minimum Gasteiger partial charge on any atom is -0.395 e. The molecule has 4 heteroatoms. The lowest BCUT2D eigenvalue weighted by molar-refractivity contribution is 0.311. The fraction of sp³-hybridized carbons (Fsp3) is 0.250. The number of halogens is 2. The van der Waals surface area contributed by atoms with Gasteiger partial charge in [-0.25, -0.2) is 0 Å². The minimum atomic E-state index is 0.100. The summed E-state index contributed by atoms with van der Waals surface area (Å²) >= 11 is 9.24. The van der Waals surface area contributed by atoms with Crippen LogP contribution in [0.4, 0.5) is 5.69 Å². The average molecular weight is 251 g/mol. The number of aliphatic hydroxyl groups is 1. The lowest BCUT2D eigenvalue weighted by atomic mass is 10.3. The Labute approximate surface area is 84.7 Å². The molecule has 1 aromatic carbocycles. The predicted molar refractivity (Wildman–Crippen MR) is 54.7 cm³/mol. The summed E-state index contributed by atoms with van der Waals surface area (Å²) in [6.07, 6.45) is 0. The first kappa shape index (κ1) is 9.84. The van der Waals surface area contributed by atoms with Crippen LogP contribution in [0.1, 0.15) is 0 Å². The van der Waals surface area contributed by atoms with E-state index < -0.39 is 0 Å². The molecule has 0 aliphatic rings. The van der Waals surface area contributed by atoms with E-state index in [9.17, 15) is 0 Å². The summed E-state index contributed by atoms with van der Waals surface area (Å²) in [7, 11) is 0. The average Bonchev–Trinajstić information content (AvgIpc) is 2.08. The summed E-state index contributed by atoms with van der Waals surface area (Å²) in [6.45, 7) is 0.610. The molecule has 0 bridgehead atoms. The van der Waals surface area contributed by atoms with E-state index in [4.69, 9.17) is 16.7 Å². The van der Waals surface area contributed by atoms with Crippen LogP contribution in [0.3, 0.4) is 0 Å². The van der Waals surface area contributed by atoms with Crippen LogP contribution in [0.2, 0.25) is 5.02 Å². The molecule has 0 saturated heterocycles. The molecule has 0 aliphatic heterocycles. The van der Waals surface area contributed by atoms with E-state index in [0.717, 1.165) is 10.2 Å². The molecule has 0 aromatic heterocycles. The zero-order chi connectivity index (χ0) is 8.97. The molecule has 0 heterocycles. The van der Waals surface area contributed by atoms with Gasteiger partial charge in [-0.1, -0.05) is 17.7 Å². The number of benzene rings is 1. The van der Waals surface area contributed by atoms with Gasteiger partial charge in [0.1, 0.15) is 0 Å². The Balaban J connectivity index is 2.78. The summed E-state index contributed by atoms with van der Waals surface area (Å²) in [5, 5.41) is 12.2. The fourth-order valence-corrected chi connectivity index (χ4v) is 1.39. The zero-order valence-electron chi connectivity index (χ0n) is 6.35. The third kappa shape index (κ3) is 2.37. The molecule has 1 aromatic rings. The highest BCUT2D eigenvalue weighted by Crippen LogP contribution is 2.29. The minimum absolute atomic E-state index is 0.100. The molecule has 0 atom stereocenters. The van der Waals surface area contributed by atoms with Crippen molar-refractivity contribution in [2.75, 3.05) is 18.5 Å². The summed E-state index contributed by atoms with van der Waals surface area (Å²) < 4.78 is 0.854. The second kappa shape index (κ2) is 4.70. The Morgan fingerprint density at radius 1 is 1.50 bits per heavy atom. The van der Waals surface area contributed by atoms with Gasteiger partial charge in [-0.15, -0.1) is 0 Å². The van der Waals surface area contributed by atoms with Crippen LogP contribution in [0.15, 0.2) is 22.7 Å². The Bertz CT molecular complexity index is 267. The third-order valence-corrected chi connectivity index (χ3v) is 2.68. The van der Waals surface area contributed by atoms with Crippen LogP contribution >= 0.6 is 27.5 Å². The lowest BCUT2D eigenvalue weighted by Gasteiger charge is -2.06. The molecule has 66 valence electrons. The molecule has 0 aliphatic carbocycles. The van der Waals surface area contributed by atoms with Gasteiger partial charge in [0, 0.05) is 11.0 Å². The van der Waals surface area contributed by atoms with Gasteiger partial charge in [0.15, 0.2) is 0 Å². The molecular weight excluding hydrogens is 241 g/mol. The Morgan fingerprint density at radius 3 is 2.92 bits per heavy atom. The van der Waals surface area contributed by atoms with Gasteiger partial charge < -0.3 is 10.4 Å². The van der Waals surface area contributed by atoms with Gasteiger partial charge in [0.2, 0.25) is 0 Å². The van der Waals surface area contributed by atoms with Gasteiger partial charge in [-0.2, -0.15) is 0 Å². The van der Waals surface area contributed by atoms with Crippen LogP contribution < -0.4 is 5.32 Å². The smallest absolute Gasteiger partial charge is 0.0779 e. The van der Waals surface area contributed by atoms with Crippen molar-refractivity contribution in [3.05, 3.63) is 27.7 Å². The number of anilines is 1. The monoisotopic (exact) mass is 249 g/mol. The number of hydrogen-bond acceptors (Lipinski definition) is 2. The standard InChI is InChI=1S/C8H9BrClNO/c9-6-2-1-3-7(8(6)10)11-4-5-12/h1-3,11-12H,4-5H2. The molecule has 0 fully saturated rings. The van der Waals surface area contributed by atoms with Crippen molar-refractivity contribution in [1.29, 1.82) is 0 Å². The number of hydrogen-bond donors (Lipinski definition) is 2. The van der Waals surface area contributed by atoms with Gasteiger partial charge in [0.25, 0.3) is 0 Å². The van der Waals surface area contributed by atoms with E-state index in [1.807, 2.05) is 18.2 Å².